The summed E-state index contributed by atoms with van der Waals surface area (Å²) in [7, 11) is 6.98. The van der Waals surface area contributed by atoms with Crippen LogP contribution >= 0.6 is 0 Å². The second-order valence-electron chi connectivity index (χ2n) is 9.80. The van der Waals surface area contributed by atoms with Crippen molar-refractivity contribution in [3.8, 4) is 5.75 Å². The van der Waals surface area contributed by atoms with Crippen molar-refractivity contribution >= 4 is 50.8 Å². The molecule has 0 bridgehead atoms. The molecule has 4 heterocycles. The van der Waals surface area contributed by atoms with Crippen LogP contribution in [0.15, 0.2) is 41.3 Å². The fourth-order valence-electron chi connectivity index (χ4n) is 5.10. The molecule has 2 aromatic carbocycles. The number of hydrogen-bond donors (Lipinski definition) is 1. The minimum Gasteiger partial charge on any atom is -0.495 e. The molecule has 5 aromatic rings. The molecular formula is C27H25F2N7O3. The van der Waals surface area contributed by atoms with E-state index in [1.54, 1.807) is 34.8 Å². The molecule has 0 saturated carbocycles. The van der Waals surface area contributed by atoms with Gasteiger partial charge in [0, 0.05) is 37.6 Å². The lowest BCUT2D eigenvalue weighted by Gasteiger charge is -2.21. The maximum Gasteiger partial charge on any atom is 0.271 e. The molecule has 0 fully saturated rings. The average molecular weight is 534 g/mol. The van der Waals surface area contributed by atoms with Crippen molar-refractivity contribution in [2.24, 2.45) is 7.05 Å². The fraction of sp³-hybridized carbons (Fsp3) is 0.259. The molecule has 200 valence electrons. The van der Waals surface area contributed by atoms with Crippen LogP contribution in [0.5, 0.6) is 5.75 Å². The Bertz CT molecular complexity index is 1880. The van der Waals surface area contributed by atoms with Gasteiger partial charge in [0.2, 0.25) is 11.9 Å². The number of ether oxygens (including phenoxy) is 1. The molecule has 1 aliphatic heterocycles. The lowest BCUT2D eigenvalue weighted by molar-refractivity contribution is -0.119. The fourth-order valence-corrected chi connectivity index (χ4v) is 5.10. The third-order valence-corrected chi connectivity index (χ3v) is 6.89. The molecule has 0 atom stereocenters. The first-order chi connectivity index (χ1) is 18.7. The molecule has 39 heavy (non-hydrogen) atoms. The number of likely N-dealkylation sites (N-methyl/N-ethyl adjacent to an activating group) is 1. The van der Waals surface area contributed by atoms with Gasteiger partial charge in [-0.15, -0.1) is 0 Å². The van der Waals surface area contributed by atoms with Crippen molar-refractivity contribution in [2.75, 3.05) is 44.5 Å². The van der Waals surface area contributed by atoms with Gasteiger partial charge in [0.1, 0.15) is 28.4 Å². The highest BCUT2D eigenvalue weighted by molar-refractivity contribution is 5.98. The average Bonchev–Trinajstić information content (AvgIpc) is 3.45. The monoisotopic (exact) mass is 533 g/mol. The van der Waals surface area contributed by atoms with Crippen LogP contribution in [0.3, 0.4) is 0 Å². The number of hydrogen-bond acceptors (Lipinski definition) is 7. The molecule has 10 nitrogen and oxygen atoms in total. The van der Waals surface area contributed by atoms with E-state index >= 15 is 0 Å². The van der Waals surface area contributed by atoms with Crippen LogP contribution in [0.2, 0.25) is 0 Å². The Morgan fingerprint density at radius 1 is 1.15 bits per heavy atom. The number of nitrogens with zero attached hydrogens (tertiary/aromatic N) is 6. The SMILES string of the molecule is COc1cc2c(cc1Nc1nc3c(ccn3C)c3nc4cc(F)cc(F)c4c(=O)n13)N(C(=O)CN(C)C)CC2. The van der Waals surface area contributed by atoms with Gasteiger partial charge in [0.05, 0.1) is 30.2 Å². The van der Waals surface area contributed by atoms with E-state index in [4.69, 9.17) is 4.74 Å². The Labute approximate surface area is 221 Å². The third kappa shape index (κ3) is 3.95. The number of anilines is 3. The molecule has 0 radical (unpaired) electrons. The first-order valence-electron chi connectivity index (χ1n) is 12.3. The number of aromatic nitrogens is 4. The number of fused-ring (bicyclic) bond motifs is 5. The highest BCUT2D eigenvalue weighted by Gasteiger charge is 2.27. The second kappa shape index (κ2) is 9.02. The smallest absolute Gasteiger partial charge is 0.271 e. The third-order valence-electron chi connectivity index (χ3n) is 6.89. The zero-order chi connectivity index (χ0) is 27.6. The lowest BCUT2D eigenvalue weighted by Crippen LogP contribution is -2.36. The molecule has 1 N–H and O–H groups in total. The van der Waals surface area contributed by atoms with Crippen molar-refractivity contribution in [3.63, 3.8) is 0 Å². The minimum atomic E-state index is -1.01. The summed E-state index contributed by atoms with van der Waals surface area (Å²) in [6, 6.07) is 7.06. The van der Waals surface area contributed by atoms with Gasteiger partial charge in [-0.1, -0.05) is 0 Å². The summed E-state index contributed by atoms with van der Waals surface area (Å²) in [4.78, 5) is 39.2. The number of aryl methyl sites for hydroxylation is 1. The van der Waals surface area contributed by atoms with Gasteiger partial charge in [-0.25, -0.2) is 18.2 Å². The maximum atomic E-state index is 14.8. The molecule has 0 aliphatic carbocycles. The Hall–Kier alpha value is -4.58. The van der Waals surface area contributed by atoms with Crippen molar-refractivity contribution in [1.82, 2.24) is 23.8 Å². The first kappa shape index (κ1) is 24.7. The van der Waals surface area contributed by atoms with E-state index in [9.17, 15) is 18.4 Å². The zero-order valence-corrected chi connectivity index (χ0v) is 21.7. The number of benzene rings is 2. The van der Waals surface area contributed by atoms with E-state index in [2.05, 4.69) is 15.3 Å². The summed E-state index contributed by atoms with van der Waals surface area (Å²) < 4.78 is 37.4. The largest absolute Gasteiger partial charge is 0.495 e. The predicted octanol–water partition coefficient (Wildman–Crippen LogP) is 3.22. The Morgan fingerprint density at radius 3 is 2.69 bits per heavy atom. The Kier molecular flexibility index (Phi) is 5.72. The van der Waals surface area contributed by atoms with Gasteiger partial charge in [-0.2, -0.15) is 4.98 Å². The summed E-state index contributed by atoms with van der Waals surface area (Å²) in [5, 5.41) is 3.35. The molecule has 3 aromatic heterocycles. The normalized spacial score (nSPS) is 13.2. The van der Waals surface area contributed by atoms with Gasteiger partial charge in [-0.05, 0) is 44.3 Å². The Balaban J connectivity index is 1.58. The van der Waals surface area contributed by atoms with E-state index < -0.39 is 17.2 Å². The Morgan fingerprint density at radius 2 is 1.95 bits per heavy atom. The molecule has 0 spiro atoms. The lowest BCUT2D eigenvalue weighted by atomic mass is 10.1. The topological polar surface area (TPSA) is 97.0 Å². The summed E-state index contributed by atoms with van der Waals surface area (Å²) >= 11 is 0. The van der Waals surface area contributed by atoms with E-state index in [1.807, 2.05) is 25.1 Å². The summed E-state index contributed by atoms with van der Waals surface area (Å²) in [6.45, 7) is 0.793. The molecule has 6 rings (SSSR count). The van der Waals surface area contributed by atoms with Crippen LogP contribution in [0.4, 0.5) is 26.1 Å². The number of carbonyl (C=O) groups excluding carboxylic acids is 1. The van der Waals surface area contributed by atoms with Crippen LogP contribution in [-0.4, -0.2) is 64.0 Å². The van der Waals surface area contributed by atoms with Crippen molar-refractivity contribution in [1.29, 1.82) is 0 Å². The van der Waals surface area contributed by atoms with E-state index in [0.717, 1.165) is 17.3 Å². The highest BCUT2D eigenvalue weighted by atomic mass is 19.1. The summed E-state index contributed by atoms with van der Waals surface area (Å²) in [6.07, 6.45) is 2.43. The maximum absolute atomic E-state index is 14.8. The molecule has 1 aliphatic rings. The molecule has 1 amide bonds. The van der Waals surface area contributed by atoms with Crippen molar-refractivity contribution < 1.29 is 18.3 Å². The highest BCUT2D eigenvalue weighted by Crippen LogP contribution is 2.39. The van der Waals surface area contributed by atoms with Crippen LogP contribution in [0.1, 0.15) is 5.56 Å². The van der Waals surface area contributed by atoms with Crippen LogP contribution in [-0.2, 0) is 18.3 Å². The number of nitrogens with one attached hydrogen (secondary N) is 1. The standard InChI is InChI=1S/C27H25F2N7O3/c1-33(2)13-22(37)35-8-5-14-9-21(39-4)18(12-20(14)35)31-27-32-24-16(6-7-34(24)3)25-30-19-11-15(28)10-17(29)23(19)26(38)36(25)27/h6-7,9-12H,5,8,13H2,1-4H3,(H,31,32). The van der Waals surface area contributed by atoms with Gasteiger partial charge < -0.3 is 24.4 Å². The van der Waals surface area contributed by atoms with Crippen LogP contribution in [0, 0.1) is 11.6 Å². The van der Waals surface area contributed by atoms with E-state index in [-0.39, 0.29) is 35.0 Å². The van der Waals surface area contributed by atoms with E-state index in [1.165, 1.54) is 11.5 Å². The molecule has 12 heteroatoms. The summed E-state index contributed by atoms with van der Waals surface area (Å²) in [5.41, 5.74) is 1.99. The van der Waals surface area contributed by atoms with Gasteiger partial charge in [0.15, 0.2) is 5.65 Å². The quantitative estimate of drug-likeness (QED) is 0.347. The van der Waals surface area contributed by atoms with Gasteiger partial charge in [0.25, 0.3) is 5.56 Å². The summed E-state index contributed by atoms with van der Waals surface area (Å²) in [5.74, 6) is -1.35. The second-order valence-corrected chi connectivity index (χ2v) is 9.80. The number of rotatable bonds is 5. The van der Waals surface area contributed by atoms with Gasteiger partial charge >= 0.3 is 0 Å². The van der Waals surface area contributed by atoms with Crippen LogP contribution in [0.25, 0.3) is 27.6 Å². The van der Waals surface area contributed by atoms with E-state index in [0.29, 0.717) is 41.5 Å². The molecular weight excluding hydrogens is 508 g/mol. The number of carbonyl (C=O) groups is 1. The van der Waals surface area contributed by atoms with Gasteiger partial charge in [-0.3, -0.25) is 9.59 Å². The van der Waals surface area contributed by atoms with Crippen molar-refractivity contribution in [2.45, 2.75) is 6.42 Å². The zero-order valence-electron chi connectivity index (χ0n) is 21.7. The molecule has 0 saturated heterocycles. The number of amides is 1. The predicted molar refractivity (Wildman–Crippen MR) is 144 cm³/mol. The minimum absolute atomic E-state index is 0.0433. The van der Waals surface area contributed by atoms with Crippen molar-refractivity contribution in [3.05, 3.63) is 64.1 Å². The molecule has 0 unspecified atom stereocenters. The number of methoxy groups -OCH3 is 1. The number of halogens is 2. The van der Waals surface area contributed by atoms with Crippen LogP contribution < -0.4 is 20.5 Å². The first-order valence-corrected chi connectivity index (χ1v) is 12.3.